The molecule has 40 heavy (non-hydrogen) atoms. The van der Waals surface area contributed by atoms with Crippen molar-refractivity contribution >= 4 is 43.9 Å². The van der Waals surface area contributed by atoms with Gasteiger partial charge >= 0.3 is 5.97 Å². The SMILES string of the molecule is CS(=O)(=O)c1ccc(C(=O)OCC(=O)N2N=C(c3ccc4ccccc4c3)C[C@@H]2c2ccccc2)cc1[N+](=O)[O-]. The van der Waals surface area contributed by atoms with Crippen LogP contribution in [0, 0.1) is 10.1 Å². The average Bonchev–Trinajstić information content (AvgIpc) is 3.41. The van der Waals surface area contributed by atoms with Crippen LogP contribution in [0.5, 0.6) is 0 Å². The monoisotopic (exact) mass is 557 g/mol. The highest BCUT2D eigenvalue weighted by atomic mass is 32.2. The van der Waals surface area contributed by atoms with Gasteiger partial charge in [0.1, 0.15) is 4.90 Å². The van der Waals surface area contributed by atoms with Gasteiger partial charge in [-0.2, -0.15) is 5.10 Å². The molecular weight excluding hydrogens is 534 g/mol. The van der Waals surface area contributed by atoms with Crippen molar-refractivity contribution in [1.29, 1.82) is 0 Å². The Balaban J connectivity index is 1.38. The molecule has 1 amide bonds. The summed E-state index contributed by atoms with van der Waals surface area (Å²) in [6, 6.07) is 25.7. The maximum Gasteiger partial charge on any atom is 0.338 e. The standard InChI is InChI=1S/C29H23N3O7S/c1-40(37,38)27-14-13-23(16-26(27)32(35)36)29(34)39-18-28(33)31-25(20-8-3-2-4-9-20)17-24(30-31)22-12-11-19-7-5-6-10-21(19)15-22/h2-16,25H,17-18H2,1H3/t25-/m1/s1. The lowest BCUT2D eigenvalue weighted by molar-refractivity contribution is -0.387. The first-order chi connectivity index (χ1) is 19.1. The first-order valence-electron chi connectivity index (χ1n) is 12.2. The molecule has 0 aliphatic carbocycles. The van der Waals surface area contributed by atoms with E-state index >= 15 is 0 Å². The fourth-order valence-electron chi connectivity index (χ4n) is 4.60. The minimum Gasteiger partial charge on any atom is -0.452 e. The van der Waals surface area contributed by atoms with Crippen molar-refractivity contribution in [2.75, 3.05) is 12.9 Å². The molecular formula is C29H23N3O7S. The Bertz CT molecular complexity index is 1790. The highest BCUT2D eigenvalue weighted by Crippen LogP contribution is 2.33. The summed E-state index contributed by atoms with van der Waals surface area (Å²) in [6.45, 7) is -0.668. The Morgan fingerprint density at radius 3 is 2.38 bits per heavy atom. The highest BCUT2D eigenvalue weighted by Gasteiger charge is 2.34. The van der Waals surface area contributed by atoms with E-state index in [2.05, 4.69) is 5.10 Å². The number of nitro groups is 1. The van der Waals surface area contributed by atoms with E-state index in [9.17, 15) is 28.1 Å². The summed E-state index contributed by atoms with van der Waals surface area (Å²) in [5.74, 6) is -1.59. The van der Waals surface area contributed by atoms with E-state index in [1.54, 1.807) is 0 Å². The zero-order valence-electron chi connectivity index (χ0n) is 21.3. The highest BCUT2D eigenvalue weighted by molar-refractivity contribution is 7.90. The summed E-state index contributed by atoms with van der Waals surface area (Å²) >= 11 is 0. The molecule has 0 unspecified atom stereocenters. The number of rotatable bonds is 7. The van der Waals surface area contributed by atoms with Gasteiger partial charge in [-0.05, 0) is 40.1 Å². The molecule has 0 bridgehead atoms. The number of ether oxygens (including phenoxy) is 1. The van der Waals surface area contributed by atoms with Crippen LogP contribution < -0.4 is 0 Å². The average molecular weight is 558 g/mol. The van der Waals surface area contributed by atoms with Gasteiger partial charge in [0.15, 0.2) is 16.4 Å². The van der Waals surface area contributed by atoms with E-state index < -0.39 is 49.9 Å². The summed E-state index contributed by atoms with van der Waals surface area (Å²) in [7, 11) is -3.90. The summed E-state index contributed by atoms with van der Waals surface area (Å²) < 4.78 is 28.9. The molecule has 0 aromatic heterocycles. The number of hydrogen-bond acceptors (Lipinski definition) is 8. The first-order valence-corrected chi connectivity index (χ1v) is 14.1. The number of amides is 1. The molecule has 11 heteroatoms. The molecule has 0 spiro atoms. The maximum atomic E-state index is 13.3. The minimum atomic E-state index is -3.90. The van der Waals surface area contributed by atoms with Gasteiger partial charge in [-0.1, -0.05) is 66.7 Å². The smallest absolute Gasteiger partial charge is 0.338 e. The van der Waals surface area contributed by atoms with Crippen LogP contribution in [0.25, 0.3) is 10.8 Å². The van der Waals surface area contributed by atoms with Gasteiger partial charge in [0.05, 0.1) is 22.2 Å². The van der Waals surface area contributed by atoms with Crippen molar-refractivity contribution < 1.29 is 27.7 Å². The van der Waals surface area contributed by atoms with Crippen molar-refractivity contribution in [3.05, 3.63) is 118 Å². The van der Waals surface area contributed by atoms with Gasteiger partial charge in [0.25, 0.3) is 11.6 Å². The Morgan fingerprint density at radius 1 is 0.975 bits per heavy atom. The molecule has 1 atom stereocenters. The van der Waals surface area contributed by atoms with Crippen LogP contribution in [0.1, 0.15) is 33.9 Å². The van der Waals surface area contributed by atoms with Crippen LogP contribution in [0.4, 0.5) is 5.69 Å². The third-order valence-corrected chi connectivity index (χ3v) is 7.69. The number of carbonyl (C=O) groups is 2. The number of hydrazone groups is 1. The van der Waals surface area contributed by atoms with E-state index in [1.165, 1.54) is 5.01 Å². The Hall–Kier alpha value is -4.90. The lowest BCUT2D eigenvalue weighted by Crippen LogP contribution is -2.31. The van der Waals surface area contributed by atoms with E-state index in [0.29, 0.717) is 12.1 Å². The van der Waals surface area contributed by atoms with Crippen molar-refractivity contribution in [1.82, 2.24) is 5.01 Å². The third-order valence-electron chi connectivity index (χ3n) is 6.55. The maximum absolute atomic E-state index is 13.3. The van der Waals surface area contributed by atoms with Crippen LogP contribution >= 0.6 is 0 Å². The van der Waals surface area contributed by atoms with Crippen LogP contribution in [0.15, 0.2) is 101 Å². The van der Waals surface area contributed by atoms with Gasteiger partial charge in [0, 0.05) is 18.7 Å². The second kappa shape index (κ2) is 10.7. The number of benzene rings is 4. The fraction of sp³-hybridized carbons (Fsp3) is 0.138. The van der Waals surface area contributed by atoms with E-state index in [0.717, 1.165) is 46.4 Å². The minimum absolute atomic E-state index is 0.256. The second-order valence-electron chi connectivity index (χ2n) is 9.27. The van der Waals surface area contributed by atoms with E-state index in [1.807, 2.05) is 72.8 Å². The molecule has 4 aromatic carbocycles. The fourth-order valence-corrected chi connectivity index (χ4v) is 5.42. The quantitative estimate of drug-likeness (QED) is 0.183. The Labute approximate surface area is 229 Å². The number of fused-ring (bicyclic) bond motifs is 1. The molecule has 1 aliphatic rings. The molecule has 1 heterocycles. The zero-order chi connectivity index (χ0) is 28.4. The molecule has 1 aliphatic heterocycles. The molecule has 0 N–H and O–H groups in total. The lowest BCUT2D eigenvalue weighted by atomic mass is 9.97. The van der Waals surface area contributed by atoms with Gasteiger partial charge in [-0.15, -0.1) is 0 Å². The summed E-state index contributed by atoms with van der Waals surface area (Å²) in [6.07, 6.45) is 1.28. The van der Waals surface area contributed by atoms with Gasteiger partial charge in [-0.25, -0.2) is 18.2 Å². The summed E-state index contributed by atoms with van der Waals surface area (Å²) in [5.41, 5.74) is 1.41. The molecule has 0 radical (unpaired) electrons. The third kappa shape index (κ3) is 5.45. The number of carbonyl (C=O) groups excluding carboxylic acids is 2. The molecule has 10 nitrogen and oxygen atoms in total. The summed E-state index contributed by atoms with van der Waals surface area (Å²) in [5, 5.41) is 19.4. The number of esters is 1. The molecule has 0 saturated carbocycles. The second-order valence-corrected chi connectivity index (χ2v) is 11.2. The normalized spacial score (nSPS) is 15.1. The first kappa shape index (κ1) is 26.7. The molecule has 202 valence electrons. The van der Waals surface area contributed by atoms with Gasteiger partial charge in [-0.3, -0.25) is 14.9 Å². The number of sulfone groups is 1. The summed E-state index contributed by atoms with van der Waals surface area (Å²) in [4.78, 5) is 35.9. The number of hydrogen-bond donors (Lipinski definition) is 0. The number of nitrogens with zero attached hydrogens (tertiary/aromatic N) is 3. The molecule has 0 saturated heterocycles. The largest absolute Gasteiger partial charge is 0.452 e. The Kier molecular flexibility index (Phi) is 7.14. The van der Waals surface area contributed by atoms with Crippen LogP contribution in [0.3, 0.4) is 0 Å². The van der Waals surface area contributed by atoms with E-state index in [-0.39, 0.29) is 5.56 Å². The van der Waals surface area contributed by atoms with Crippen molar-refractivity contribution in [2.45, 2.75) is 17.4 Å². The predicted octanol–water partition coefficient (Wildman–Crippen LogP) is 4.69. The molecule has 5 rings (SSSR count). The van der Waals surface area contributed by atoms with Crippen molar-refractivity contribution in [3.8, 4) is 0 Å². The molecule has 4 aromatic rings. The van der Waals surface area contributed by atoms with Crippen LogP contribution in [-0.4, -0.2) is 48.8 Å². The number of nitro benzene ring substituents is 1. The Morgan fingerprint density at radius 2 is 1.68 bits per heavy atom. The molecule has 0 fully saturated rings. The topological polar surface area (TPSA) is 136 Å². The predicted molar refractivity (Wildman–Crippen MR) is 148 cm³/mol. The van der Waals surface area contributed by atoms with Crippen LogP contribution in [-0.2, 0) is 19.4 Å². The zero-order valence-corrected chi connectivity index (χ0v) is 22.1. The van der Waals surface area contributed by atoms with Gasteiger partial charge < -0.3 is 4.74 Å². The van der Waals surface area contributed by atoms with Crippen molar-refractivity contribution in [2.24, 2.45) is 5.10 Å². The van der Waals surface area contributed by atoms with Crippen LogP contribution in [0.2, 0.25) is 0 Å². The van der Waals surface area contributed by atoms with Crippen molar-refractivity contribution in [3.63, 3.8) is 0 Å². The lowest BCUT2D eigenvalue weighted by Gasteiger charge is -2.21. The van der Waals surface area contributed by atoms with Gasteiger partial charge in [0.2, 0.25) is 0 Å². The van der Waals surface area contributed by atoms with E-state index in [4.69, 9.17) is 4.74 Å².